The second kappa shape index (κ2) is 21.1. The fourth-order valence-electron chi connectivity index (χ4n) is 7.74. The Labute approximate surface area is 391 Å². The van der Waals surface area contributed by atoms with Gasteiger partial charge in [0.2, 0.25) is 12.6 Å². The van der Waals surface area contributed by atoms with Gasteiger partial charge in [0.25, 0.3) is 0 Å². The zero-order valence-electron chi connectivity index (χ0n) is 36.5. The Hall–Kier alpha value is -6.35. The lowest BCUT2D eigenvalue weighted by molar-refractivity contribution is -0.147. The lowest BCUT2D eigenvalue weighted by Crippen LogP contribution is -2.06. The van der Waals surface area contributed by atoms with E-state index in [-0.39, 0.29) is 18.2 Å². The molecule has 10 nitrogen and oxygen atoms in total. The van der Waals surface area contributed by atoms with Crippen LogP contribution in [-0.4, -0.2) is 36.1 Å². The van der Waals surface area contributed by atoms with Gasteiger partial charge in [0.15, 0.2) is 0 Å². The van der Waals surface area contributed by atoms with Crippen molar-refractivity contribution in [1.29, 1.82) is 0 Å². The zero-order chi connectivity index (χ0) is 45.3. The van der Waals surface area contributed by atoms with E-state index in [0.717, 1.165) is 75.7 Å². The number of carbonyl (C=O) groups is 2. The number of benzene rings is 6. The molecule has 0 aliphatic carbocycles. The Morgan fingerprint density at radius 2 is 1.09 bits per heavy atom. The van der Waals surface area contributed by atoms with E-state index in [2.05, 4.69) is 88.8 Å². The summed E-state index contributed by atoms with van der Waals surface area (Å²) in [6.45, 7) is 6.06. The molecule has 328 valence electrons. The molecule has 11 heteroatoms. The molecule has 65 heavy (non-hydrogen) atoms. The van der Waals surface area contributed by atoms with E-state index < -0.39 is 6.29 Å². The monoisotopic (exact) mass is 978 g/mol. The topological polar surface area (TPSA) is 115 Å². The fraction of sp³-hybridized carbons (Fsp3) is 0.185. The van der Waals surface area contributed by atoms with E-state index >= 15 is 0 Å². The number of fused-ring (bicyclic) bond motifs is 4. The van der Waals surface area contributed by atoms with Crippen molar-refractivity contribution in [3.63, 3.8) is 0 Å². The number of nitrogens with zero attached hydrogens (tertiary/aromatic N) is 2. The highest BCUT2D eigenvalue weighted by Crippen LogP contribution is 2.35. The minimum atomic E-state index is -0.499. The highest BCUT2D eigenvalue weighted by Gasteiger charge is 2.28. The first-order chi connectivity index (χ1) is 31.7. The van der Waals surface area contributed by atoms with Gasteiger partial charge in [-0.15, -0.1) is 0 Å². The van der Waals surface area contributed by atoms with E-state index in [1.54, 1.807) is 12.1 Å². The van der Waals surface area contributed by atoms with Crippen molar-refractivity contribution < 1.29 is 38.0 Å². The average Bonchev–Trinajstić information content (AvgIpc) is 3.93. The summed E-state index contributed by atoms with van der Waals surface area (Å²) < 4.78 is 34.1. The van der Waals surface area contributed by atoms with Crippen molar-refractivity contribution in [3.8, 4) is 11.1 Å². The SMILES string of the molecule is COC(=O)c1ccccc1-c1cc(C)cc(COC2OCc3cc4ccccc4nc32)c1.COC(=O)c1ccccc1I.Cc1cccc(COC2OCc3cc4ccccc4nc32)c1. The van der Waals surface area contributed by atoms with Crippen LogP contribution in [0.1, 0.15) is 78.1 Å². The molecule has 0 N–H and O–H groups in total. The van der Waals surface area contributed by atoms with Crippen LogP contribution in [0.4, 0.5) is 0 Å². The zero-order valence-corrected chi connectivity index (χ0v) is 38.6. The van der Waals surface area contributed by atoms with E-state index in [1.807, 2.05) is 91.9 Å². The lowest BCUT2D eigenvalue weighted by atomic mass is 9.96. The summed E-state index contributed by atoms with van der Waals surface area (Å²) in [6, 6.07) is 49.7. The molecule has 2 unspecified atom stereocenters. The van der Waals surface area contributed by atoms with Gasteiger partial charge in [0.1, 0.15) is 11.4 Å². The van der Waals surface area contributed by atoms with Gasteiger partial charge in [-0.05, 0) is 107 Å². The second-order valence-corrected chi connectivity index (χ2v) is 16.7. The first kappa shape index (κ1) is 45.2. The Kier molecular flexibility index (Phi) is 14.7. The molecule has 0 saturated carbocycles. The van der Waals surface area contributed by atoms with Crippen LogP contribution in [-0.2, 0) is 54.8 Å². The minimum Gasteiger partial charge on any atom is -0.465 e. The standard InChI is InChI=1S/C27H23NO4.C19H17NO2.C8H7IO2/c1-17-11-18(13-20(12-17)22-8-4-5-9-23(22)26(29)30-2)15-31-27-25-21(16-32-27)14-19-7-3-6-10-24(19)28-25;1-13-5-4-6-14(9-13)11-21-19-18-16(12-22-19)10-15-7-2-3-8-17(15)20-18;1-11-8(10)6-4-2-3-5-7(6)9/h3-14,27H,15-16H2,1-2H3;2-10,19H,11-12H2,1H3;2-5H,1H3. The van der Waals surface area contributed by atoms with Gasteiger partial charge in [-0.25, -0.2) is 19.6 Å². The molecular weight excluding hydrogens is 932 g/mol. The minimum absolute atomic E-state index is 0.282. The molecule has 0 spiro atoms. The van der Waals surface area contributed by atoms with Crippen LogP contribution in [0.15, 0.2) is 152 Å². The summed E-state index contributed by atoms with van der Waals surface area (Å²) >= 11 is 2.10. The molecule has 4 heterocycles. The van der Waals surface area contributed by atoms with Crippen LogP contribution in [0, 0.1) is 17.4 Å². The largest absolute Gasteiger partial charge is 0.465 e. The molecular formula is C54H47IN2O8. The molecule has 2 aliphatic rings. The number of aromatic nitrogens is 2. The van der Waals surface area contributed by atoms with Crippen molar-refractivity contribution in [3.05, 3.63) is 211 Å². The summed E-state index contributed by atoms with van der Waals surface area (Å²) in [5, 5.41) is 2.24. The molecule has 0 radical (unpaired) electrons. The third-order valence-corrected chi connectivity index (χ3v) is 11.8. The van der Waals surface area contributed by atoms with Gasteiger partial charge in [-0.2, -0.15) is 0 Å². The van der Waals surface area contributed by atoms with Crippen molar-refractivity contribution in [2.45, 2.75) is 52.9 Å². The van der Waals surface area contributed by atoms with Gasteiger partial charge >= 0.3 is 11.9 Å². The van der Waals surface area contributed by atoms with Crippen molar-refractivity contribution >= 4 is 56.3 Å². The van der Waals surface area contributed by atoms with Gasteiger partial charge in [-0.3, -0.25) is 0 Å². The molecule has 0 bridgehead atoms. The summed E-state index contributed by atoms with van der Waals surface area (Å²) in [4.78, 5) is 32.7. The number of rotatable bonds is 9. The molecule has 10 rings (SSSR count). The van der Waals surface area contributed by atoms with Crippen LogP contribution in [0.2, 0.25) is 0 Å². The third kappa shape index (κ3) is 11.0. The predicted molar refractivity (Wildman–Crippen MR) is 258 cm³/mol. The van der Waals surface area contributed by atoms with E-state index in [9.17, 15) is 9.59 Å². The normalized spacial score (nSPS) is 14.7. The molecule has 2 aromatic heterocycles. The highest BCUT2D eigenvalue weighted by atomic mass is 127. The Balaban J connectivity index is 0.000000150. The quantitative estimate of drug-likeness (QED) is 0.102. The Bertz CT molecular complexity index is 2990. The number of hydrogen-bond acceptors (Lipinski definition) is 10. The molecule has 2 atom stereocenters. The summed E-state index contributed by atoms with van der Waals surface area (Å²) in [6.07, 6.45) is -0.874. The molecule has 0 amide bonds. The van der Waals surface area contributed by atoms with Crippen LogP contribution < -0.4 is 0 Å². The fourth-order valence-corrected chi connectivity index (χ4v) is 8.35. The first-order valence-electron chi connectivity index (χ1n) is 21.1. The molecule has 0 saturated heterocycles. The molecule has 8 aromatic rings. The van der Waals surface area contributed by atoms with Gasteiger partial charge < -0.3 is 28.4 Å². The number of para-hydroxylation sites is 2. The van der Waals surface area contributed by atoms with Gasteiger partial charge in [0.05, 0.1) is 62.8 Å². The number of aryl methyl sites for hydroxylation is 2. The molecule has 0 fully saturated rings. The number of ether oxygens (including phenoxy) is 6. The summed E-state index contributed by atoms with van der Waals surface area (Å²) in [7, 11) is 2.77. The first-order valence-corrected chi connectivity index (χ1v) is 22.2. The van der Waals surface area contributed by atoms with E-state index in [4.69, 9.17) is 33.7 Å². The van der Waals surface area contributed by atoms with Crippen LogP contribution in [0.3, 0.4) is 0 Å². The van der Waals surface area contributed by atoms with Crippen molar-refractivity contribution in [1.82, 2.24) is 9.97 Å². The average molecular weight is 979 g/mol. The van der Waals surface area contributed by atoms with E-state index in [0.29, 0.717) is 37.6 Å². The maximum Gasteiger partial charge on any atom is 0.338 e. The number of carbonyl (C=O) groups excluding carboxylic acids is 2. The number of pyridine rings is 2. The molecule has 2 aliphatic heterocycles. The van der Waals surface area contributed by atoms with Crippen LogP contribution in [0.5, 0.6) is 0 Å². The van der Waals surface area contributed by atoms with Crippen molar-refractivity contribution in [2.75, 3.05) is 14.2 Å². The number of esters is 2. The maximum absolute atomic E-state index is 12.2. The lowest BCUT2D eigenvalue weighted by Gasteiger charge is -2.14. The predicted octanol–water partition coefficient (Wildman–Crippen LogP) is 12.1. The summed E-state index contributed by atoms with van der Waals surface area (Å²) in [5.74, 6) is -0.635. The number of methoxy groups -OCH3 is 2. The Morgan fingerprint density at radius 3 is 1.69 bits per heavy atom. The van der Waals surface area contributed by atoms with Crippen molar-refractivity contribution in [2.24, 2.45) is 0 Å². The van der Waals surface area contributed by atoms with E-state index in [1.165, 1.54) is 19.8 Å². The highest BCUT2D eigenvalue weighted by molar-refractivity contribution is 14.1. The maximum atomic E-state index is 12.2. The Morgan fingerprint density at radius 1 is 0.569 bits per heavy atom. The van der Waals surface area contributed by atoms with Crippen LogP contribution >= 0.6 is 22.6 Å². The second-order valence-electron chi connectivity index (χ2n) is 15.6. The smallest absolute Gasteiger partial charge is 0.338 e. The van der Waals surface area contributed by atoms with Gasteiger partial charge in [0, 0.05) is 25.5 Å². The number of hydrogen-bond donors (Lipinski definition) is 0. The molecule has 6 aromatic carbocycles. The third-order valence-electron chi connectivity index (χ3n) is 10.8. The van der Waals surface area contributed by atoms with Gasteiger partial charge in [-0.1, -0.05) is 114 Å². The number of halogens is 1. The summed E-state index contributed by atoms with van der Waals surface area (Å²) in [5.41, 5.74) is 13.2. The van der Waals surface area contributed by atoms with Crippen LogP contribution in [0.25, 0.3) is 32.9 Å².